The molecule has 1 unspecified atom stereocenters. The molecule has 1 saturated heterocycles. The number of carbonyl (C=O) groups is 1. The lowest BCUT2D eigenvalue weighted by atomic mass is 10.1. The Kier molecular flexibility index (Phi) is 5.76. The average molecular weight is 397 g/mol. The van der Waals surface area contributed by atoms with Gasteiger partial charge in [-0.05, 0) is 48.9 Å². The fourth-order valence-corrected chi connectivity index (χ4v) is 3.71. The lowest BCUT2D eigenvalue weighted by Crippen LogP contribution is -2.53. The third kappa shape index (κ3) is 4.40. The molecular formula is C22H27N3O4. The van der Waals surface area contributed by atoms with E-state index in [1.165, 1.54) is 5.69 Å². The highest BCUT2D eigenvalue weighted by Crippen LogP contribution is 2.32. The minimum Gasteiger partial charge on any atom is -0.497 e. The number of ether oxygens (including phenoxy) is 3. The molecule has 2 aliphatic heterocycles. The second kappa shape index (κ2) is 8.61. The van der Waals surface area contributed by atoms with Crippen molar-refractivity contribution >= 4 is 11.6 Å². The van der Waals surface area contributed by atoms with Crippen LogP contribution in [0.2, 0.25) is 0 Å². The van der Waals surface area contributed by atoms with E-state index in [2.05, 4.69) is 27.2 Å². The Balaban J connectivity index is 1.26. The Hall–Kier alpha value is -2.93. The molecule has 0 spiro atoms. The number of hydrogen-bond donors (Lipinski definition) is 1. The van der Waals surface area contributed by atoms with E-state index in [0.717, 1.165) is 49.0 Å². The Bertz CT molecular complexity index is 848. The molecule has 7 nitrogen and oxygen atoms in total. The molecule has 154 valence electrons. The first kappa shape index (κ1) is 19.4. The number of fused-ring (bicyclic) bond motifs is 1. The quantitative estimate of drug-likeness (QED) is 0.807. The van der Waals surface area contributed by atoms with Gasteiger partial charge in [0.15, 0.2) is 11.5 Å². The lowest BCUT2D eigenvalue weighted by Gasteiger charge is -2.38. The van der Waals surface area contributed by atoms with E-state index in [4.69, 9.17) is 14.2 Å². The molecule has 1 N–H and O–H groups in total. The van der Waals surface area contributed by atoms with Crippen LogP contribution < -0.4 is 24.4 Å². The smallest absolute Gasteiger partial charge is 0.237 e. The van der Waals surface area contributed by atoms with Crippen molar-refractivity contribution in [2.45, 2.75) is 19.5 Å². The van der Waals surface area contributed by atoms with Crippen molar-refractivity contribution in [1.29, 1.82) is 0 Å². The third-order valence-corrected chi connectivity index (χ3v) is 5.58. The zero-order chi connectivity index (χ0) is 20.2. The summed E-state index contributed by atoms with van der Waals surface area (Å²) in [5.74, 6) is 2.39. The van der Waals surface area contributed by atoms with E-state index >= 15 is 0 Å². The average Bonchev–Trinajstić information content (AvgIpc) is 3.25. The van der Waals surface area contributed by atoms with Crippen molar-refractivity contribution in [2.24, 2.45) is 0 Å². The molecule has 0 aromatic heterocycles. The first-order chi connectivity index (χ1) is 14.1. The number of carbonyl (C=O) groups excluding carboxylic acids is 1. The zero-order valence-electron chi connectivity index (χ0n) is 16.9. The molecule has 0 aliphatic carbocycles. The molecule has 1 atom stereocenters. The number of amides is 1. The van der Waals surface area contributed by atoms with Gasteiger partial charge in [0.05, 0.1) is 13.2 Å². The van der Waals surface area contributed by atoms with Gasteiger partial charge in [-0.1, -0.05) is 6.07 Å². The van der Waals surface area contributed by atoms with E-state index in [-0.39, 0.29) is 18.7 Å². The van der Waals surface area contributed by atoms with Gasteiger partial charge >= 0.3 is 0 Å². The molecule has 1 fully saturated rings. The number of piperazine rings is 1. The molecule has 0 bridgehead atoms. The molecule has 0 radical (unpaired) electrons. The number of hydrogen-bond acceptors (Lipinski definition) is 6. The Morgan fingerprint density at radius 1 is 1.07 bits per heavy atom. The van der Waals surface area contributed by atoms with E-state index in [1.54, 1.807) is 7.11 Å². The van der Waals surface area contributed by atoms with Crippen LogP contribution in [0, 0.1) is 0 Å². The van der Waals surface area contributed by atoms with E-state index in [1.807, 2.05) is 37.3 Å². The van der Waals surface area contributed by atoms with Crippen LogP contribution in [-0.4, -0.2) is 56.9 Å². The number of rotatable bonds is 6. The highest BCUT2D eigenvalue weighted by molar-refractivity contribution is 5.81. The SMILES string of the molecule is COc1ccc(N2CCN(C(C)C(=O)NCc3ccc4c(c3)OCO4)CC2)cc1. The number of nitrogens with zero attached hydrogens (tertiary/aromatic N) is 2. The largest absolute Gasteiger partial charge is 0.497 e. The highest BCUT2D eigenvalue weighted by atomic mass is 16.7. The summed E-state index contributed by atoms with van der Waals surface area (Å²) < 4.78 is 15.9. The van der Waals surface area contributed by atoms with Crippen LogP contribution in [-0.2, 0) is 11.3 Å². The van der Waals surface area contributed by atoms with Gasteiger partial charge < -0.3 is 24.4 Å². The maximum Gasteiger partial charge on any atom is 0.237 e. The molecule has 29 heavy (non-hydrogen) atoms. The topological polar surface area (TPSA) is 63.3 Å². The van der Waals surface area contributed by atoms with Gasteiger partial charge in [-0.3, -0.25) is 9.69 Å². The Morgan fingerprint density at radius 2 is 1.79 bits per heavy atom. The molecule has 2 heterocycles. The molecule has 0 saturated carbocycles. The Labute approximate surface area is 171 Å². The first-order valence-corrected chi connectivity index (χ1v) is 9.93. The predicted molar refractivity (Wildman–Crippen MR) is 111 cm³/mol. The van der Waals surface area contributed by atoms with E-state index in [9.17, 15) is 4.79 Å². The summed E-state index contributed by atoms with van der Waals surface area (Å²) in [7, 11) is 1.67. The fourth-order valence-electron chi connectivity index (χ4n) is 3.71. The summed E-state index contributed by atoms with van der Waals surface area (Å²) in [6, 6.07) is 13.7. The minimum absolute atomic E-state index is 0.0422. The second-order valence-electron chi connectivity index (χ2n) is 7.30. The summed E-state index contributed by atoms with van der Waals surface area (Å²) in [5, 5.41) is 3.04. The van der Waals surface area contributed by atoms with Crippen molar-refractivity contribution in [2.75, 3.05) is 45.0 Å². The molecular weight excluding hydrogens is 370 g/mol. The number of benzene rings is 2. The van der Waals surface area contributed by atoms with Crippen LogP contribution in [0.3, 0.4) is 0 Å². The molecule has 7 heteroatoms. The standard InChI is InChI=1S/C22H27N3O4/c1-16(22(26)23-14-17-3-8-20-21(13-17)29-15-28-20)24-9-11-25(12-10-24)18-4-6-19(27-2)7-5-18/h3-8,13,16H,9-12,14-15H2,1-2H3,(H,23,26). The summed E-state index contributed by atoms with van der Waals surface area (Å²) in [6.45, 7) is 6.20. The van der Waals surface area contributed by atoms with Crippen LogP contribution in [0.15, 0.2) is 42.5 Å². The normalized spacial score (nSPS) is 17.1. The van der Waals surface area contributed by atoms with Crippen molar-refractivity contribution in [3.8, 4) is 17.2 Å². The summed E-state index contributed by atoms with van der Waals surface area (Å²) in [6.07, 6.45) is 0. The van der Waals surface area contributed by atoms with Crippen LogP contribution in [0.1, 0.15) is 12.5 Å². The zero-order valence-corrected chi connectivity index (χ0v) is 16.9. The number of methoxy groups -OCH3 is 1. The van der Waals surface area contributed by atoms with Crippen LogP contribution in [0.25, 0.3) is 0 Å². The maximum atomic E-state index is 12.6. The van der Waals surface area contributed by atoms with Gasteiger partial charge in [-0.15, -0.1) is 0 Å². The third-order valence-electron chi connectivity index (χ3n) is 5.58. The van der Waals surface area contributed by atoms with Gasteiger partial charge in [0, 0.05) is 38.4 Å². The maximum absolute atomic E-state index is 12.6. The van der Waals surface area contributed by atoms with E-state index < -0.39 is 0 Å². The lowest BCUT2D eigenvalue weighted by molar-refractivity contribution is -0.126. The van der Waals surface area contributed by atoms with Gasteiger partial charge in [0.25, 0.3) is 0 Å². The van der Waals surface area contributed by atoms with Crippen LogP contribution in [0.5, 0.6) is 17.2 Å². The molecule has 1 amide bonds. The number of anilines is 1. The molecule has 2 aliphatic rings. The molecule has 4 rings (SSSR count). The fraction of sp³-hybridized carbons (Fsp3) is 0.409. The predicted octanol–water partition coefficient (Wildman–Crippen LogP) is 2.25. The van der Waals surface area contributed by atoms with Gasteiger partial charge in [0.1, 0.15) is 5.75 Å². The van der Waals surface area contributed by atoms with Gasteiger partial charge in [0.2, 0.25) is 12.7 Å². The van der Waals surface area contributed by atoms with Crippen molar-refractivity contribution in [1.82, 2.24) is 10.2 Å². The van der Waals surface area contributed by atoms with Crippen molar-refractivity contribution < 1.29 is 19.0 Å². The van der Waals surface area contributed by atoms with Crippen molar-refractivity contribution in [3.63, 3.8) is 0 Å². The Morgan fingerprint density at radius 3 is 2.52 bits per heavy atom. The van der Waals surface area contributed by atoms with Crippen LogP contribution >= 0.6 is 0 Å². The molecule has 2 aromatic rings. The molecule has 2 aromatic carbocycles. The van der Waals surface area contributed by atoms with Crippen molar-refractivity contribution in [3.05, 3.63) is 48.0 Å². The summed E-state index contributed by atoms with van der Waals surface area (Å²) in [4.78, 5) is 17.2. The monoisotopic (exact) mass is 397 g/mol. The van der Waals surface area contributed by atoms with Gasteiger partial charge in [-0.25, -0.2) is 0 Å². The van der Waals surface area contributed by atoms with Gasteiger partial charge in [-0.2, -0.15) is 0 Å². The number of nitrogens with one attached hydrogen (secondary N) is 1. The van der Waals surface area contributed by atoms with E-state index in [0.29, 0.717) is 6.54 Å². The summed E-state index contributed by atoms with van der Waals surface area (Å²) >= 11 is 0. The summed E-state index contributed by atoms with van der Waals surface area (Å²) in [5.41, 5.74) is 2.18. The van der Waals surface area contributed by atoms with Crippen LogP contribution in [0.4, 0.5) is 5.69 Å². The first-order valence-electron chi connectivity index (χ1n) is 9.93. The highest BCUT2D eigenvalue weighted by Gasteiger charge is 2.25. The second-order valence-corrected chi connectivity index (χ2v) is 7.30. The minimum atomic E-state index is -0.165.